The predicted octanol–water partition coefficient (Wildman–Crippen LogP) is 2.98. The molecule has 1 rings (SSSR count). The quantitative estimate of drug-likeness (QED) is 0.575. The zero-order chi connectivity index (χ0) is 8.10. The van der Waals surface area contributed by atoms with Crippen LogP contribution in [0.3, 0.4) is 0 Å². The minimum Gasteiger partial charge on any atom is -0.103 e. The van der Waals surface area contributed by atoms with Gasteiger partial charge >= 0.3 is 0 Å². The van der Waals surface area contributed by atoms with Crippen LogP contribution in [-0.4, -0.2) is 0 Å². The monoisotopic (exact) mass is 146 g/mol. The topological polar surface area (TPSA) is 0 Å². The lowest BCUT2D eigenvalue weighted by Gasteiger charge is -1.99. The van der Waals surface area contributed by atoms with E-state index >= 15 is 0 Å². The Morgan fingerprint density at radius 3 is 2.73 bits per heavy atom. The Morgan fingerprint density at radius 1 is 1.36 bits per heavy atom. The standard InChI is InChI=1S/C11H14/c1-3-6-11-8-5-7-10(4-2)9-11/h3,5,7-9H,1,4,6H2,2H3. The van der Waals surface area contributed by atoms with E-state index in [0.717, 1.165) is 12.8 Å². The van der Waals surface area contributed by atoms with Gasteiger partial charge in [0.2, 0.25) is 0 Å². The van der Waals surface area contributed by atoms with E-state index in [4.69, 9.17) is 0 Å². The molecule has 0 saturated heterocycles. The Labute approximate surface area is 68.6 Å². The van der Waals surface area contributed by atoms with Crippen molar-refractivity contribution >= 4 is 0 Å². The molecule has 11 heavy (non-hydrogen) atoms. The van der Waals surface area contributed by atoms with Crippen LogP contribution in [0, 0.1) is 0 Å². The highest BCUT2D eigenvalue weighted by Gasteiger charge is 1.90. The van der Waals surface area contributed by atoms with E-state index in [1.165, 1.54) is 11.1 Å². The molecule has 0 N–H and O–H groups in total. The van der Waals surface area contributed by atoms with Crippen molar-refractivity contribution in [1.29, 1.82) is 0 Å². The van der Waals surface area contributed by atoms with Crippen LogP contribution in [0.4, 0.5) is 0 Å². The summed E-state index contributed by atoms with van der Waals surface area (Å²) in [6.45, 7) is 5.89. The maximum absolute atomic E-state index is 3.71. The average molecular weight is 146 g/mol. The van der Waals surface area contributed by atoms with E-state index in [1.807, 2.05) is 6.08 Å². The van der Waals surface area contributed by atoms with Gasteiger partial charge in [0.25, 0.3) is 0 Å². The lowest BCUT2D eigenvalue weighted by Crippen LogP contribution is -1.84. The largest absolute Gasteiger partial charge is 0.103 e. The lowest BCUT2D eigenvalue weighted by molar-refractivity contribution is 1.12. The molecule has 0 bridgehead atoms. The summed E-state index contributed by atoms with van der Waals surface area (Å²) in [6.07, 6.45) is 4.04. The number of rotatable bonds is 3. The Bertz CT molecular complexity index is 236. The van der Waals surface area contributed by atoms with Gasteiger partial charge in [-0.2, -0.15) is 0 Å². The number of allylic oxidation sites excluding steroid dienone is 1. The molecule has 0 unspecified atom stereocenters. The minimum atomic E-state index is 0.980. The third kappa shape index (κ3) is 2.23. The molecule has 0 aromatic heterocycles. The molecule has 0 aliphatic carbocycles. The predicted molar refractivity (Wildman–Crippen MR) is 49.7 cm³/mol. The molecule has 0 aliphatic heterocycles. The van der Waals surface area contributed by atoms with Crippen LogP contribution >= 0.6 is 0 Å². The van der Waals surface area contributed by atoms with Crippen LogP contribution < -0.4 is 0 Å². The maximum atomic E-state index is 3.71. The van der Waals surface area contributed by atoms with Gasteiger partial charge in [0, 0.05) is 0 Å². The zero-order valence-corrected chi connectivity index (χ0v) is 7.01. The van der Waals surface area contributed by atoms with Gasteiger partial charge in [0.1, 0.15) is 0 Å². The smallest absolute Gasteiger partial charge is 0.0100 e. The SMILES string of the molecule is C=CCc1cccc(CC)c1. The van der Waals surface area contributed by atoms with Gasteiger partial charge in [-0.15, -0.1) is 6.58 Å². The molecule has 0 nitrogen and oxygen atoms in total. The first-order valence-corrected chi connectivity index (χ1v) is 4.05. The molecule has 0 saturated carbocycles. The minimum absolute atomic E-state index is 0.980. The second kappa shape index (κ2) is 3.97. The molecule has 0 radical (unpaired) electrons. The van der Waals surface area contributed by atoms with Gasteiger partial charge in [-0.1, -0.05) is 37.3 Å². The van der Waals surface area contributed by atoms with Crippen molar-refractivity contribution in [1.82, 2.24) is 0 Å². The summed E-state index contributed by atoms with van der Waals surface area (Å²) in [4.78, 5) is 0. The van der Waals surface area contributed by atoms with E-state index in [0.29, 0.717) is 0 Å². The lowest BCUT2D eigenvalue weighted by atomic mass is 10.1. The fourth-order valence-corrected chi connectivity index (χ4v) is 1.14. The third-order valence-corrected chi connectivity index (χ3v) is 1.78. The van der Waals surface area contributed by atoms with Gasteiger partial charge in [0.15, 0.2) is 0 Å². The van der Waals surface area contributed by atoms with Crippen LogP contribution in [-0.2, 0) is 12.8 Å². The number of hydrogen-bond acceptors (Lipinski definition) is 0. The van der Waals surface area contributed by atoms with E-state index in [1.54, 1.807) is 0 Å². The summed E-state index contributed by atoms with van der Waals surface area (Å²) in [6, 6.07) is 8.65. The average Bonchev–Trinajstić information content (AvgIpc) is 2.06. The van der Waals surface area contributed by atoms with Crippen molar-refractivity contribution < 1.29 is 0 Å². The molecule has 58 valence electrons. The van der Waals surface area contributed by atoms with E-state index in [2.05, 4.69) is 37.8 Å². The van der Waals surface area contributed by atoms with Crippen molar-refractivity contribution in [2.24, 2.45) is 0 Å². The number of aryl methyl sites for hydroxylation is 1. The Kier molecular flexibility index (Phi) is 2.91. The Hall–Kier alpha value is -1.04. The van der Waals surface area contributed by atoms with Crippen molar-refractivity contribution in [3.8, 4) is 0 Å². The molecule has 0 aliphatic rings. The highest BCUT2D eigenvalue weighted by Crippen LogP contribution is 2.06. The second-order valence-corrected chi connectivity index (χ2v) is 2.67. The summed E-state index contributed by atoms with van der Waals surface area (Å²) in [7, 11) is 0. The first-order valence-electron chi connectivity index (χ1n) is 4.05. The zero-order valence-electron chi connectivity index (χ0n) is 7.01. The fraction of sp³-hybridized carbons (Fsp3) is 0.273. The molecule has 0 atom stereocenters. The normalized spacial score (nSPS) is 9.55. The summed E-state index contributed by atoms with van der Waals surface area (Å²) >= 11 is 0. The molecular weight excluding hydrogens is 132 g/mol. The van der Waals surface area contributed by atoms with Gasteiger partial charge in [-0.3, -0.25) is 0 Å². The van der Waals surface area contributed by atoms with Crippen LogP contribution in [0.5, 0.6) is 0 Å². The molecule has 0 heteroatoms. The third-order valence-electron chi connectivity index (χ3n) is 1.78. The van der Waals surface area contributed by atoms with Crippen molar-refractivity contribution in [3.63, 3.8) is 0 Å². The second-order valence-electron chi connectivity index (χ2n) is 2.67. The molecular formula is C11H14. The van der Waals surface area contributed by atoms with Gasteiger partial charge in [-0.25, -0.2) is 0 Å². The number of benzene rings is 1. The van der Waals surface area contributed by atoms with E-state index in [9.17, 15) is 0 Å². The molecule has 1 aromatic rings. The van der Waals surface area contributed by atoms with Crippen LogP contribution in [0.25, 0.3) is 0 Å². The van der Waals surface area contributed by atoms with Gasteiger partial charge in [0.05, 0.1) is 0 Å². The highest BCUT2D eigenvalue weighted by atomic mass is 14.0. The van der Waals surface area contributed by atoms with Crippen LogP contribution in [0.15, 0.2) is 36.9 Å². The molecule has 0 amide bonds. The van der Waals surface area contributed by atoms with Crippen molar-refractivity contribution in [2.45, 2.75) is 19.8 Å². The van der Waals surface area contributed by atoms with Crippen molar-refractivity contribution in [2.75, 3.05) is 0 Å². The van der Waals surface area contributed by atoms with Gasteiger partial charge < -0.3 is 0 Å². The van der Waals surface area contributed by atoms with Crippen LogP contribution in [0.2, 0.25) is 0 Å². The molecule has 0 fully saturated rings. The summed E-state index contributed by atoms with van der Waals surface area (Å²) < 4.78 is 0. The molecule has 0 heterocycles. The Balaban J connectivity index is 2.82. The number of hydrogen-bond donors (Lipinski definition) is 0. The van der Waals surface area contributed by atoms with Crippen molar-refractivity contribution in [3.05, 3.63) is 48.0 Å². The first-order chi connectivity index (χ1) is 5.36. The highest BCUT2D eigenvalue weighted by molar-refractivity contribution is 5.24. The molecule has 1 aromatic carbocycles. The van der Waals surface area contributed by atoms with E-state index < -0.39 is 0 Å². The maximum Gasteiger partial charge on any atom is -0.0100 e. The summed E-state index contributed by atoms with van der Waals surface area (Å²) in [5, 5.41) is 0. The van der Waals surface area contributed by atoms with Crippen LogP contribution in [0.1, 0.15) is 18.1 Å². The molecule has 0 spiro atoms. The fourth-order valence-electron chi connectivity index (χ4n) is 1.14. The summed E-state index contributed by atoms with van der Waals surface area (Å²) in [5.74, 6) is 0. The summed E-state index contributed by atoms with van der Waals surface area (Å²) in [5.41, 5.74) is 2.77. The first kappa shape index (κ1) is 8.06. The van der Waals surface area contributed by atoms with Gasteiger partial charge in [-0.05, 0) is 24.0 Å². The van der Waals surface area contributed by atoms with E-state index in [-0.39, 0.29) is 0 Å². The Morgan fingerprint density at radius 2 is 2.09 bits per heavy atom.